The fraction of sp³-hybridized carbons (Fsp3) is 0.143. The first-order valence-corrected chi connectivity index (χ1v) is 6.58. The van der Waals surface area contributed by atoms with Crippen molar-refractivity contribution in [1.29, 1.82) is 0 Å². The summed E-state index contributed by atoms with van der Waals surface area (Å²) in [6.45, 7) is 0. The topological polar surface area (TPSA) is 60.5 Å². The lowest BCUT2D eigenvalue weighted by molar-refractivity contribution is 0.102. The Bertz CT molecular complexity index is 617. The summed E-state index contributed by atoms with van der Waals surface area (Å²) in [5.74, 6) is 0.718. The average Bonchev–Trinajstić information content (AvgIpc) is 2.47. The van der Waals surface area contributed by atoms with Gasteiger partial charge in [-0.3, -0.25) is 9.78 Å². The van der Waals surface area contributed by atoms with Gasteiger partial charge in [-0.05, 0) is 40.2 Å². The molecule has 1 N–H and O–H groups in total. The molecule has 0 radical (unpaired) electrons. The largest absolute Gasteiger partial charge is 0.497 e. The predicted molar refractivity (Wildman–Crippen MR) is 79.4 cm³/mol. The molecule has 1 aromatic heterocycles. The first kappa shape index (κ1) is 14.3. The fourth-order valence-electron chi connectivity index (χ4n) is 1.70. The van der Waals surface area contributed by atoms with Gasteiger partial charge in [-0.15, -0.1) is 0 Å². The predicted octanol–water partition coefficient (Wildman–Crippen LogP) is 3.11. The molecule has 104 valence electrons. The van der Waals surface area contributed by atoms with Gasteiger partial charge in [-0.2, -0.15) is 0 Å². The molecule has 20 heavy (non-hydrogen) atoms. The molecule has 0 saturated heterocycles. The number of halogens is 1. The van der Waals surface area contributed by atoms with Gasteiger partial charge in [-0.1, -0.05) is 0 Å². The minimum Gasteiger partial charge on any atom is -0.497 e. The zero-order valence-corrected chi connectivity index (χ0v) is 12.6. The summed E-state index contributed by atoms with van der Waals surface area (Å²) in [7, 11) is 3.05. The van der Waals surface area contributed by atoms with Crippen LogP contribution < -0.4 is 14.8 Å². The Morgan fingerprint density at radius 3 is 2.70 bits per heavy atom. The Kier molecular flexibility index (Phi) is 4.57. The van der Waals surface area contributed by atoms with Crippen molar-refractivity contribution in [3.63, 3.8) is 0 Å². The molecule has 0 fully saturated rings. The van der Waals surface area contributed by atoms with Crippen LogP contribution in [0.2, 0.25) is 0 Å². The highest BCUT2D eigenvalue weighted by Gasteiger charge is 2.17. The lowest BCUT2D eigenvalue weighted by atomic mass is 10.1. The number of benzene rings is 1. The summed E-state index contributed by atoms with van der Waals surface area (Å²) < 4.78 is 11.1. The van der Waals surface area contributed by atoms with Gasteiger partial charge in [0.25, 0.3) is 5.91 Å². The molecular formula is C14H13BrN2O3. The van der Waals surface area contributed by atoms with Gasteiger partial charge in [-0.25, -0.2) is 0 Å². The van der Waals surface area contributed by atoms with E-state index in [9.17, 15) is 4.79 Å². The van der Waals surface area contributed by atoms with Crippen molar-refractivity contribution in [1.82, 2.24) is 4.98 Å². The highest BCUT2D eigenvalue weighted by Crippen LogP contribution is 2.33. The molecule has 1 aromatic carbocycles. The molecule has 0 aliphatic heterocycles. The van der Waals surface area contributed by atoms with E-state index in [4.69, 9.17) is 9.47 Å². The van der Waals surface area contributed by atoms with Crippen LogP contribution in [-0.2, 0) is 0 Å². The minimum atomic E-state index is -0.297. The van der Waals surface area contributed by atoms with Crippen LogP contribution in [0.5, 0.6) is 11.5 Å². The van der Waals surface area contributed by atoms with Gasteiger partial charge in [0, 0.05) is 6.20 Å². The smallest absolute Gasteiger partial charge is 0.259 e. The lowest BCUT2D eigenvalue weighted by Crippen LogP contribution is -2.13. The number of nitrogens with zero attached hydrogens (tertiary/aromatic N) is 1. The van der Waals surface area contributed by atoms with E-state index < -0.39 is 0 Å². The standard InChI is InChI=1S/C14H13BrN2O3/c1-19-10-6-11(13(20-2)12(15)7-10)14(18)17-9-4-3-5-16-8-9/h3-8H,1-2H3,(H,17,18). The summed E-state index contributed by atoms with van der Waals surface area (Å²) in [4.78, 5) is 16.3. The third-order valence-corrected chi connectivity index (χ3v) is 3.21. The number of nitrogens with one attached hydrogen (secondary N) is 1. The van der Waals surface area contributed by atoms with Crippen LogP contribution >= 0.6 is 15.9 Å². The first-order valence-electron chi connectivity index (χ1n) is 5.78. The summed E-state index contributed by atoms with van der Waals surface area (Å²) in [6.07, 6.45) is 3.21. The van der Waals surface area contributed by atoms with Crippen LogP contribution in [0.1, 0.15) is 10.4 Å². The Hall–Kier alpha value is -2.08. The highest BCUT2D eigenvalue weighted by molar-refractivity contribution is 9.10. The molecule has 2 aromatic rings. The molecule has 0 atom stereocenters. The third-order valence-electron chi connectivity index (χ3n) is 2.62. The number of aromatic nitrogens is 1. The van der Waals surface area contributed by atoms with E-state index in [1.54, 1.807) is 36.7 Å². The maximum absolute atomic E-state index is 12.3. The lowest BCUT2D eigenvalue weighted by Gasteiger charge is -2.12. The molecule has 6 heteroatoms. The summed E-state index contributed by atoms with van der Waals surface area (Å²) in [6, 6.07) is 6.86. The molecule has 0 saturated carbocycles. The molecule has 0 aliphatic rings. The van der Waals surface area contributed by atoms with E-state index >= 15 is 0 Å². The maximum Gasteiger partial charge on any atom is 0.259 e. The van der Waals surface area contributed by atoms with E-state index in [-0.39, 0.29) is 5.91 Å². The van der Waals surface area contributed by atoms with Crippen molar-refractivity contribution in [2.75, 3.05) is 19.5 Å². The van der Waals surface area contributed by atoms with Crippen LogP contribution in [-0.4, -0.2) is 25.1 Å². The van der Waals surface area contributed by atoms with Gasteiger partial charge in [0.15, 0.2) is 0 Å². The van der Waals surface area contributed by atoms with Crippen LogP contribution in [0.3, 0.4) is 0 Å². The van der Waals surface area contributed by atoms with Crippen LogP contribution in [0.25, 0.3) is 0 Å². The van der Waals surface area contributed by atoms with E-state index in [0.717, 1.165) is 0 Å². The summed E-state index contributed by atoms with van der Waals surface area (Å²) >= 11 is 3.36. The number of carbonyl (C=O) groups is 1. The van der Waals surface area contributed by atoms with Crippen molar-refractivity contribution in [2.24, 2.45) is 0 Å². The van der Waals surface area contributed by atoms with Crippen molar-refractivity contribution in [3.05, 3.63) is 46.7 Å². The molecule has 0 unspecified atom stereocenters. The van der Waals surface area contributed by atoms with Gasteiger partial charge in [0.1, 0.15) is 11.5 Å². The maximum atomic E-state index is 12.3. The quantitative estimate of drug-likeness (QED) is 0.931. The molecule has 5 nitrogen and oxygen atoms in total. The SMILES string of the molecule is COc1cc(Br)c(OC)c(C(=O)Nc2cccnc2)c1. The van der Waals surface area contributed by atoms with Gasteiger partial charge in [0.2, 0.25) is 0 Å². The third kappa shape index (κ3) is 3.08. The second-order valence-electron chi connectivity index (χ2n) is 3.89. The van der Waals surface area contributed by atoms with Crippen LogP contribution in [0.15, 0.2) is 41.1 Å². The van der Waals surface area contributed by atoms with E-state index in [2.05, 4.69) is 26.2 Å². The number of hydrogen-bond donors (Lipinski definition) is 1. The fourth-order valence-corrected chi connectivity index (χ4v) is 2.30. The second kappa shape index (κ2) is 6.38. The van der Waals surface area contributed by atoms with Gasteiger partial charge in [0.05, 0.1) is 36.1 Å². The number of pyridine rings is 1. The normalized spacial score (nSPS) is 9.95. The number of amides is 1. The van der Waals surface area contributed by atoms with E-state index in [1.165, 1.54) is 14.2 Å². The number of hydrogen-bond acceptors (Lipinski definition) is 4. The van der Waals surface area contributed by atoms with Crippen molar-refractivity contribution in [3.8, 4) is 11.5 Å². The Morgan fingerprint density at radius 1 is 1.30 bits per heavy atom. The van der Waals surface area contributed by atoms with E-state index in [1.807, 2.05) is 0 Å². The first-order chi connectivity index (χ1) is 9.65. The summed E-state index contributed by atoms with van der Waals surface area (Å²) in [5, 5.41) is 2.75. The van der Waals surface area contributed by atoms with Gasteiger partial charge >= 0.3 is 0 Å². The Morgan fingerprint density at radius 2 is 2.10 bits per heavy atom. The number of rotatable bonds is 4. The van der Waals surface area contributed by atoms with Gasteiger partial charge < -0.3 is 14.8 Å². The van der Waals surface area contributed by atoms with Crippen LogP contribution in [0, 0.1) is 0 Å². The molecule has 0 aliphatic carbocycles. The monoisotopic (exact) mass is 336 g/mol. The number of anilines is 1. The molecule has 1 amide bonds. The average molecular weight is 337 g/mol. The molecule has 1 heterocycles. The Labute approximate surface area is 125 Å². The summed E-state index contributed by atoms with van der Waals surface area (Å²) in [5.41, 5.74) is 0.987. The molecule has 2 rings (SSSR count). The molecule has 0 spiro atoms. The zero-order valence-electron chi connectivity index (χ0n) is 11.0. The van der Waals surface area contributed by atoms with E-state index in [0.29, 0.717) is 27.2 Å². The number of ether oxygens (including phenoxy) is 2. The van der Waals surface area contributed by atoms with Crippen molar-refractivity contribution < 1.29 is 14.3 Å². The Balaban J connectivity index is 2.35. The number of carbonyl (C=O) groups excluding carboxylic acids is 1. The molecule has 0 bridgehead atoms. The minimum absolute atomic E-state index is 0.297. The van der Waals surface area contributed by atoms with Crippen LogP contribution in [0.4, 0.5) is 5.69 Å². The van der Waals surface area contributed by atoms with Crippen molar-refractivity contribution >= 4 is 27.5 Å². The number of methoxy groups -OCH3 is 2. The zero-order chi connectivity index (χ0) is 14.5. The second-order valence-corrected chi connectivity index (χ2v) is 4.74. The molecular weight excluding hydrogens is 324 g/mol. The highest BCUT2D eigenvalue weighted by atomic mass is 79.9. The van der Waals surface area contributed by atoms with Crippen molar-refractivity contribution in [2.45, 2.75) is 0 Å².